The summed E-state index contributed by atoms with van der Waals surface area (Å²) in [7, 11) is 0. The van der Waals surface area contributed by atoms with Crippen LogP contribution in [-0.4, -0.2) is 12.5 Å². The number of ether oxygens (including phenoxy) is 1. The van der Waals surface area contributed by atoms with E-state index in [0.29, 0.717) is 30.9 Å². The van der Waals surface area contributed by atoms with Gasteiger partial charge < -0.3 is 15.8 Å². The van der Waals surface area contributed by atoms with Crippen molar-refractivity contribution in [2.24, 2.45) is 0 Å². The van der Waals surface area contributed by atoms with Crippen LogP contribution >= 0.6 is 0 Å². The van der Waals surface area contributed by atoms with E-state index in [0.717, 1.165) is 16.8 Å². The third-order valence-corrected chi connectivity index (χ3v) is 3.89. The first-order valence-electron chi connectivity index (χ1n) is 7.88. The molecule has 0 aliphatic carbocycles. The maximum Gasteiger partial charge on any atom is 0.224 e. The third kappa shape index (κ3) is 4.49. The first-order chi connectivity index (χ1) is 11.0. The molecule has 3 N–H and O–H groups in total. The summed E-state index contributed by atoms with van der Waals surface area (Å²) in [4.78, 5) is 12.1. The van der Waals surface area contributed by atoms with Gasteiger partial charge in [0.25, 0.3) is 0 Å². The van der Waals surface area contributed by atoms with E-state index in [2.05, 4.69) is 5.32 Å². The fraction of sp³-hybridized carbons (Fsp3) is 0.316. The minimum absolute atomic E-state index is 0.00570. The van der Waals surface area contributed by atoms with Gasteiger partial charge in [0.1, 0.15) is 5.75 Å². The highest BCUT2D eigenvalue weighted by Crippen LogP contribution is 2.23. The number of nitrogens with one attached hydrogen (secondary N) is 1. The van der Waals surface area contributed by atoms with E-state index < -0.39 is 0 Å². The highest BCUT2D eigenvalue weighted by Gasteiger charge is 2.08. The fourth-order valence-electron chi connectivity index (χ4n) is 2.40. The third-order valence-electron chi connectivity index (χ3n) is 3.89. The predicted molar refractivity (Wildman–Crippen MR) is 94.9 cm³/mol. The maximum atomic E-state index is 12.1. The van der Waals surface area contributed by atoms with Crippen molar-refractivity contribution in [1.82, 2.24) is 0 Å². The van der Waals surface area contributed by atoms with Crippen LogP contribution in [0.3, 0.4) is 0 Å². The van der Waals surface area contributed by atoms with Crippen LogP contribution in [0.15, 0.2) is 36.4 Å². The summed E-state index contributed by atoms with van der Waals surface area (Å²) in [6.45, 7) is 6.55. The lowest BCUT2D eigenvalue weighted by atomic mass is 10.1. The molecule has 0 saturated carbocycles. The molecule has 1 amide bonds. The normalized spacial score (nSPS) is 10.4. The molecule has 2 rings (SSSR count). The monoisotopic (exact) mass is 312 g/mol. The van der Waals surface area contributed by atoms with E-state index in [1.807, 2.05) is 57.2 Å². The molecule has 0 saturated heterocycles. The molecule has 0 fully saturated rings. The fourth-order valence-corrected chi connectivity index (χ4v) is 2.40. The first-order valence-corrected chi connectivity index (χ1v) is 7.88. The summed E-state index contributed by atoms with van der Waals surface area (Å²) in [6, 6.07) is 11.6. The van der Waals surface area contributed by atoms with Gasteiger partial charge in [0.2, 0.25) is 5.91 Å². The Balaban J connectivity index is 1.94. The molecule has 4 nitrogen and oxygen atoms in total. The molecule has 0 aromatic heterocycles. The van der Waals surface area contributed by atoms with E-state index in [-0.39, 0.29) is 5.91 Å². The number of carbonyl (C=O) groups is 1. The minimum atomic E-state index is 0.00570. The average molecular weight is 312 g/mol. The Morgan fingerprint density at radius 3 is 2.70 bits per heavy atom. The van der Waals surface area contributed by atoms with Crippen LogP contribution < -0.4 is 15.8 Å². The van der Waals surface area contributed by atoms with Gasteiger partial charge in [0.05, 0.1) is 12.3 Å². The van der Waals surface area contributed by atoms with Gasteiger partial charge in [-0.3, -0.25) is 4.79 Å². The van der Waals surface area contributed by atoms with Crippen LogP contribution in [0.1, 0.15) is 30.0 Å². The lowest BCUT2D eigenvalue weighted by Crippen LogP contribution is -2.13. The van der Waals surface area contributed by atoms with Gasteiger partial charge in [-0.05, 0) is 62.1 Å². The molecule has 0 unspecified atom stereocenters. The molecule has 2 aromatic rings. The molecule has 122 valence electrons. The Morgan fingerprint density at radius 1 is 1.22 bits per heavy atom. The number of nitrogens with two attached hydrogens (primary N) is 1. The number of nitrogen functional groups attached to an aromatic ring is 1. The zero-order valence-corrected chi connectivity index (χ0v) is 14.0. The van der Waals surface area contributed by atoms with Gasteiger partial charge in [-0.15, -0.1) is 0 Å². The molecule has 2 aromatic carbocycles. The molecule has 0 spiro atoms. The van der Waals surface area contributed by atoms with Crippen molar-refractivity contribution in [3.63, 3.8) is 0 Å². The summed E-state index contributed by atoms with van der Waals surface area (Å²) in [6.07, 6.45) is 1.06. The molecule has 23 heavy (non-hydrogen) atoms. The van der Waals surface area contributed by atoms with E-state index >= 15 is 0 Å². The summed E-state index contributed by atoms with van der Waals surface area (Å²) >= 11 is 0. The number of rotatable bonds is 6. The van der Waals surface area contributed by atoms with Crippen molar-refractivity contribution in [3.05, 3.63) is 53.1 Å². The standard InChI is InChI=1S/C19H24N2O2/c1-4-23-18-10-8-15(12-16(18)20)9-11-19(22)21-17-7-5-6-13(2)14(17)3/h5-8,10,12H,4,9,11,20H2,1-3H3,(H,21,22). The smallest absolute Gasteiger partial charge is 0.224 e. The first kappa shape index (κ1) is 16.9. The Morgan fingerprint density at radius 2 is 2.00 bits per heavy atom. The zero-order chi connectivity index (χ0) is 16.8. The number of hydrogen-bond donors (Lipinski definition) is 2. The van der Waals surface area contributed by atoms with Crippen LogP contribution in [0.2, 0.25) is 0 Å². The topological polar surface area (TPSA) is 64.3 Å². The highest BCUT2D eigenvalue weighted by molar-refractivity contribution is 5.91. The van der Waals surface area contributed by atoms with Crippen LogP contribution in [0.5, 0.6) is 5.75 Å². The number of benzene rings is 2. The Kier molecular flexibility index (Phi) is 5.63. The highest BCUT2D eigenvalue weighted by atomic mass is 16.5. The number of anilines is 2. The zero-order valence-electron chi connectivity index (χ0n) is 14.0. The lowest BCUT2D eigenvalue weighted by Gasteiger charge is -2.11. The van der Waals surface area contributed by atoms with E-state index in [1.165, 1.54) is 5.56 Å². The molecule has 0 radical (unpaired) electrons. The van der Waals surface area contributed by atoms with Crippen molar-refractivity contribution < 1.29 is 9.53 Å². The van der Waals surface area contributed by atoms with Crippen LogP contribution in [0.4, 0.5) is 11.4 Å². The predicted octanol–water partition coefficient (Wildman–Crippen LogP) is 3.86. The Labute approximate surface area is 137 Å². The van der Waals surface area contributed by atoms with Gasteiger partial charge in [0, 0.05) is 12.1 Å². The van der Waals surface area contributed by atoms with Gasteiger partial charge >= 0.3 is 0 Å². The largest absolute Gasteiger partial charge is 0.492 e. The molecule has 0 atom stereocenters. The Bertz CT molecular complexity index is 696. The second-order valence-corrected chi connectivity index (χ2v) is 5.60. The summed E-state index contributed by atoms with van der Waals surface area (Å²) in [5.74, 6) is 0.697. The van der Waals surface area contributed by atoms with Crippen molar-refractivity contribution >= 4 is 17.3 Å². The molecule has 0 heterocycles. The van der Waals surface area contributed by atoms with Crippen molar-refractivity contribution in [3.8, 4) is 5.75 Å². The molecular weight excluding hydrogens is 288 g/mol. The number of amides is 1. The van der Waals surface area contributed by atoms with Crippen LogP contribution in [0, 0.1) is 13.8 Å². The number of carbonyl (C=O) groups excluding carboxylic acids is 1. The number of hydrogen-bond acceptors (Lipinski definition) is 3. The van der Waals surface area contributed by atoms with Gasteiger partial charge in [0.15, 0.2) is 0 Å². The SMILES string of the molecule is CCOc1ccc(CCC(=O)Nc2cccc(C)c2C)cc1N. The summed E-state index contributed by atoms with van der Waals surface area (Å²) in [5, 5.41) is 2.97. The van der Waals surface area contributed by atoms with Crippen LogP contribution in [0.25, 0.3) is 0 Å². The lowest BCUT2D eigenvalue weighted by molar-refractivity contribution is -0.116. The van der Waals surface area contributed by atoms with E-state index in [1.54, 1.807) is 0 Å². The van der Waals surface area contributed by atoms with Gasteiger partial charge in [-0.25, -0.2) is 0 Å². The van der Waals surface area contributed by atoms with Gasteiger partial charge in [-0.2, -0.15) is 0 Å². The second-order valence-electron chi connectivity index (χ2n) is 5.60. The second kappa shape index (κ2) is 7.68. The summed E-state index contributed by atoms with van der Waals surface area (Å²) in [5.41, 5.74) is 10.7. The van der Waals surface area contributed by atoms with Gasteiger partial charge in [-0.1, -0.05) is 18.2 Å². The van der Waals surface area contributed by atoms with E-state index in [9.17, 15) is 4.79 Å². The summed E-state index contributed by atoms with van der Waals surface area (Å²) < 4.78 is 5.42. The van der Waals surface area contributed by atoms with E-state index in [4.69, 9.17) is 10.5 Å². The quantitative estimate of drug-likeness (QED) is 0.796. The van der Waals surface area contributed by atoms with Crippen molar-refractivity contribution in [2.75, 3.05) is 17.7 Å². The van der Waals surface area contributed by atoms with Crippen LogP contribution in [-0.2, 0) is 11.2 Å². The minimum Gasteiger partial charge on any atom is -0.492 e. The maximum absolute atomic E-state index is 12.1. The molecule has 4 heteroatoms. The number of aryl methyl sites for hydroxylation is 2. The molecular formula is C19H24N2O2. The van der Waals surface area contributed by atoms with Crippen molar-refractivity contribution in [2.45, 2.75) is 33.6 Å². The molecule has 0 aliphatic heterocycles. The molecule has 0 bridgehead atoms. The average Bonchev–Trinajstić information content (AvgIpc) is 2.52. The van der Waals surface area contributed by atoms with Crippen molar-refractivity contribution in [1.29, 1.82) is 0 Å². The molecule has 0 aliphatic rings. The Hall–Kier alpha value is -2.49.